The molecule has 2 rings (SSSR count). The van der Waals surface area contributed by atoms with E-state index in [9.17, 15) is 0 Å². The van der Waals surface area contributed by atoms with Gasteiger partial charge in [-0.25, -0.2) is 0 Å². The third-order valence-electron chi connectivity index (χ3n) is 4.93. The van der Waals surface area contributed by atoms with Crippen LogP contribution >= 0.6 is 0 Å². The van der Waals surface area contributed by atoms with Gasteiger partial charge in [-0.2, -0.15) is 0 Å². The van der Waals surface area contributed by atoms with Gasteiger partial charge in [-0.15, -0.1) is 0 Å². The Kier molecular flexibility index (Phi) is 4.29. The largest absolute Gasteiger partial charge is 0.317 e. The minimum atomic E-state index is 0.819. The van der Waals surface area contributed by atoms with E-state index in [1.807, 2.05) is 0 Å². The third-order valence-corrected chi connectivity index (χ3v) is 4.93. The predicted molar refractivity (Wildman–Crippen MR) is 70.5 cm³/mol. The molecule has 4 atom stereocenters. The van der Waals surface area contributed by atoms with Gasteiger partial charge in [0.15, 0.2) is 0 Å². The van der Waals surface area contributed by atoms with Crippen LogP contribution in [0.1, 0.15) is 58.8 Å². The molecule has 0 aliphatic heterocycles. The van der Waals surface area contributed by atoms with Gasteiger partial charge in [0.05, 0.1) is 0 Å². The van der Waals surface area contributed by atoms with Gasteiger partial charge in [0.1, 0.15) is 0 Å². The molecule has 2 fully saturated rings. The molecule has 0 radical (unpaired) electrons. The van der Waals surface area contributed by atoms with Crippen molar-refractivity contribution in [3.8, 4) is 0 Å². The van der Waals surface area contributed by atoms with Crippen molar-refractivity contribution in [1.82, 2.24) is 5.32 Å². The molecule has 2 saturated carbocycles. The first-order chi connectivity index (χ1) is 7.69. The maximum Gasteiger partial charge on any atom is 0.00669 e. The first-order valence-corrected chi connectivity index (χ1v) is 7.36. The molecule has 94 valence electrons. The predicted octanol–water partition coefficient (Wildman–Crippen LogP) is 3.84. The number of hydrogen-bond acceptors (Lipinski definition) is 1. The second-order valence-electron chi connectivity index (χ2n) is 6.63. The lowest BCUT2D eigenvalue weighted by atomic mass is 9.65. The maximum atomic E-state index is 3.49. The Morgan fingerprint density at radius 2 is 1.75 bits per heavy atom. The highest BCUT2D eigenvalue weighted by Gasteiger charge is 2.35. The standard InChI is InChI=1S/C15H29N/c1-11(2)8-12-4-5-13-6-7-15(16-3)10-14(13)9-12/h11-16H,4-10H2,1-3H3. The molecule has 0 spiro atoms. The van der Waals surface area contributed by atoms with Crippen LogP contribution in [0.5, 0.6) is 0 Å². The first kappa shape index (κ1) is 12.4. The molecule has 2 aliphatic carbocycles. The van der Waals surface area contributed by atoms with Crippen LogP contribution in [0.15, 0.2) is 0 Å². The Hall–Kier alpha value is -0.0400. The molecule has 2 aliphatic rings. The fourth-order valence-electron chi connectivity index (χ4n) is 4.13. The molecule has 4 unspecified atom stereocenters. The van der Waals surface area contributed by atoms with Gasteiger partial charge >= 0.3 is 0 Å². The molecular weight excluding hydrogens is 194 g/mol. The Balaban J connectivity index is 1.85. The maximum absolute atomic E-state index is 3.49. The highest BCUT2D eigenvalue weighted by atomic mass is 14.9. The molecule has 0 aromatic heterocycles. The zero-order valence-corrected chi connectivity index (χ0v) is 11.3. The van der Waals surface area contributed by atoms with E-state index in [-0.39, 0.29) is 0 Å². The van der Waals surface area contributed by atoms with E-state index in [0.29, 0.717) is 0 Å². The highest BCUT2D eigenvalue weighted by Crippen LogP contribution is 2.44. The summed E-state index contributed by atoms with van der Waals surface area (Å²) in [5.41, 5.74) is 0. The quantitative estimate of drug-likeness (QED) is 0.766. The molecule has 0 saturated heterocycles. The van der Waals surface area contributed by atoms with Crippen LogP contribution in [-0.2, 0) is 0 Å². The lowest BCUT2D eigenvalue weighted by Crippen LogP contribution is -2.38. The monoisotopic (exact) mass is 223 g/mol. The van der Waals surface area contributed by atoms with E-state index in [1.165, 1.54) is 44.9 Å². The summed E-state index contributed by atoms with van der Waals surface area (Å²) in [6, 6.07) is 0.819. The van der Waals surface area contributed by atoms with Crippen LogP contribution in [0.2, 0.25) is 0 Å². The summed E-state index contributed by atoms with van der Waals surface area (Å²) in [7, 11) is 2.14. The van der Waals surface area contributed by atoms with Crippen LogP contribution in [0.4, 0.5) is 0 Å². The lowest BCUT2D eigenvalue weighted by molar-refractivity contribution is 0.103. The minimum absolute atomic E-state index is 0.819. The Labute approximate surface area is 101 Å². The average molecular weight is 223 g/mol. The van der Waals surface area contributed by atoms with Gasteiger partial charge in [0, 0.05) is 6.04 Å². The van der Waals surface area contributed by atoms with E-state index in [4.69, 9.17) is 0 Å². The number of hydrogen-bond donors (Lipinski definition) is 1. The van der Waals surface area contributed by atoms with Crippen LogP contribution < -0.4 is 5.32 Å². The number of fused-ring (bicyclic) bond motifs is 1. The summed E-state index contributed by atoms with van der Waals surface area (Å²) in [6.45, 7) is 4.76. The van der Waals surface area contributed by atoms with Crippen molar-refractivity contribution in [1.29, 1.82) is 0 Å². The van der Waals surface area contributed by atoms with Crippen molar-refractivity contribution in [3.63, 3.8) is 0 Å². The Morgan fingerprint density at radius 1 is 1.00 bits per heavy atom. The third kappa shape index (κ3) is 3.00. The first-order valence-electron chi connectivity index (χ1n) is 7.36. The lowest BCUT2D eigenvalue weighted by Gasteiger charge is -2.42. The normalized spacial score (nSPS) is 39.8. The zero-order valence-electron chi connectivity index (χ0n) is 11.3. The van der Waals surface area contributed by atoms with Crippen molar-refractivity contribution < 1.29 is 0 Å². The van der Waals surface area contributed by atoms with Crippen molar-refractivity contribution >= 4 is 0 Å². The van der Waals surface area contributed by atoms with E-state index >= 15 is 0 Å². The van der Waals surface area contributed by atoms with Crippen molar-refractivity contribution in [2.24, 2.45) is 23.7 Å². The summed E-state index contributed by atoms with van der Waals surface area (Å²) in [5, 5.41) is 3.49. The van der Waals surface area contributed by atoms with Crippen molar-refractivity contribution in [2.75, 3.05) is 7.05 Å². The van der Waals surface area contributed by atoms with E-state index in [1.54, 1.807) is 0 Å². The highest BCUT2D eigenvalue weighted by molar-refractivity contribution is 4.88. The molecule has 1 heteroatoms. The SMILES string of the molecule is CNC1CCC2CCC(CC(C)C)CC2C1. The van der Waals surface area contributed by atoms with Gasteiger partial charge in [-0.1, -0.05) is 20.3 Å². The van der Waals surface area contributed by atoms with E-state index < -0.39 is 0 Å². The Bertz CT molecular complexity index is 211. The van der Waals surface area contributed by atoms with Gasteiger partial charge < -0.3 is 5.32 Å². The van der Waals surface area contributed by atoms with Crippen molar-refractivity contribution in [2.45, 2.75) is 64.8 Å². The summed E-state index contributed by atoms with van der Waals surface area (Å²) < 4.78 is 0. The second kappa shape index (κ2) is 5.53. The van der Waals surface area contributed by atoms with Gasteiger partial charge in [0.25, 0.3) is 0 Å². The molecule has 16 heavy (non-hydrogen) atoms. The van der Waals surface area contributed by atoms with Crippen LogP contribution in [-0.4, -0.2) is 13.1 Å². The van der Waals surface area contributed by atoms with E-state index in [0.717, 1.165) is 29.7 Å². The number of nitrogens with one attached hydrogen (secondary N) is 1. The Morgan fingerprint density at radius 3 is 2.44 bits per heavy atom. The topological polar surface area (TPSA) is 12.0 Å². The van der Waals surface area contributed by atoms with Crippen molar-refractivity contribution in [3.05, 3.63) is 0 Å². The molecular formula is C15H29N. The van der Waals surface area contributed by atoms with Gasteiger partial charge in [-0.05, 0) is 69.2 Å². The average Bonchev–Trinajstić information content (AvgIpc) is 2.27. The van der Waals surface area contributed by atoms with E-state index in [2.05, 4.69) is 26.2 Å². The smallest absolute Gasteiger partial charge is 0.00669 e. The summed E-state index contributed by atoms with van der Waals surface area (Å²) in [5.74, 6) is 4.05. The van der Waals surface area contributed by atoms with Crippen LogP contribution in [0.25, 0.3) is 0 Å². The molecule has 0 amide bonds. The van der Waals surface area contributed by atoms with Crippen LogP contribution in [0, 0.1) is 23.7 Å². The fraction of sp³-hybridized carbons (Fsp3) is 1.00. The minimum Gasteiger partial charge on any atom is -0.317 e. The van der Waals surface area contributed by atoms with Gasteiger partial charge in [0.2, 0.25) is 0 Å². The second-order valence-corrected chi connectivity index (χ2v) is 6.63. The van der Waals surface area contributed by atoms with Crippen LogP contribution in [0.3, 0.4) is 0 Å². The fourth-order valence-corrected chi connectivity index (χ4v) is 4.13. The number of rotatable bonds is 3. The molecule has 1 nitrogen and oxygen atoms in total. The molecule has 0 bridgehead atoms. The molecule has 0 aromatic carbocycles. The summed E-state index contributed by atoms with van der Waals surface area (Å²) >= 11 is 0. The zero-order chi connectivity index (χ0) is 11.5. The molecule has 0 heterocycles. The van der Waals surface area contributed by atoms with Gasteiger partial charge in [-0.3, -0.25) is 0 Å². The summed E-state index contributed by atoms with van der Waals surface area (Å²) in [4.78, 5) is 0. The molecule has 1 N–H and O–H groups in total. The molecule has 0 aromatic rings. The summed E-state index contributed by atoms with van der Waals surface area (Å²) in [6.07, 6.45) is 10.4.